The number of anilines is 1. The lowest BCUT2D eigenvalue weighted by atomic mass is 10.2. The number of guanidine groups is 1. The fourth-order valence-corrected chi connectivity index (χ4v) is 3.93. The highest BCUT2D eigenvalue weighted by molar-refractivity contribution is 14.0. The molecule has 1 aliphatic heterocycles. The zero-order valence-electron chi connectivity index (χ0n) is 16.6. The zero-order valence-corrected chi connectivity index (χ0v) is 19.8. The average molecular weight is 513 g/mol. The van der Waals surface area contributed by atoms with Crippen molar-refractivity contribution in [2.45, 2.75) is 19.9 Å². The van der Waals surface area contributed by atoms with Crippen LogP contribution in [0.25, 0.3) is 0 Å². The van der Waals surface area contributed by atoms with Crippen molar-refractivity contribution >= 4 is 47.0 Å². The summed E-state index contributed by atoms with van der Waals surface area (Å²) in [6.07, 6.45) is 1.13. The number of hydrogen-bond acceptors (Lipinski definition) is 4. The molecule has 2 N–H and O–H groups in total. The van der Waals surface area contributed by atoms with Gasteiger partial charge in [-0.3, -0.25) is 4.90 Å². The minimum absolute atomic E-state index is 0. The van der Waals surface area contributed by atoms with Crippen LogP contribution < -0.4 is 15.5 Å². The van der Waals surface area contributed by atoms with E-state index in [0.717, 1.165) is 64.7 Å². The topological polar surface area (TPSA) is 42.9 Å². The number of hydrogen-bond donors (Lipinski definition) is 2. The SMILES string of the molecule is CCNC(=NCc1ccsc1)NCCCN1CCN(c2ccccc2)CC1.I. The number of halogens is 1. The smallest absolute Gasteiger partial charge is 0.191 e. The predicted octanol–water partition coefficient (Wildman–Crippen LogP) is 3.63. The van der Waals surface area contributed by atoms with Gasteiger partial charge in [-0.15, -0.1) is 24.0 Å². The number of thiophene rings is 1. The molecular weight excluding hydrogens is 481 g/mol. The van der Waals surface area contributed by atoms with Crippen molar-refractivity contribution in [1.29, 1.82) is 0 Å². The molecule has 2 aromatic rings. The molecule has 7 heteroatoms. The maximum Gasteiger partial charge on any atom is 0.191 e. The molecule has 28 heavy (non-hydrogen) atoms. The fraction of sp³-hybridized carbons (Fsp3) is 0.476. The molecule has 1 fully saturated rings. The first-order valence-electron chi connectivity index (χ1n) is 9.91. The van der Waals surface area contributed by atoms with Gasteiger partial charge in [0.1, 0.15) is 0 Å². The van der Waals surface area contributed by atoms with Gasteiger partial charge in [0.25, 0.3) is 0 Å². The lowest BCUT2D eigenvalue weighted by molar-refractivity contribution is 0.255. The molecule has 1 aromatic carbocycles. The Kier molecular flexibility index (Phi) is 10.7. The van der Waals surface area contributed by atoms with E-state index in [-0.39, 0.29) is 24.0 Å². The lowest BCUT2D eigenvalue weighted by Gasteiger charge is -2.36. The third-order valence-corrected chi connectivity index (χ3v) is 5.51. The van der Waals surface area contributed by atoms with E-state index in [1.807, 2.05) is 0 Å². The van der Waals surface area contributed by atoms with E-state index in [4.69, 9.17) is 0 Å². The van der Waals surface area contributed by atoms with Crippen LogP contribution in [0.4, 0.5) is 5.69 Å². The third kappa shape index (κ3) is 7.60. The quantitative estimate of drug-likeness (QED) is 0.245. The van der Waals surface area contributed by atoms with Gasteiger partial charge in [0, 0.05) is 45.0 Å². The van der Waals surface area contributed by atoms with Crippen LogP contribution in [0.3, 0.4) is 0 Å². The minimum atomic E-state index is 0. The first-order chi connectivity index (χ1) is 13.3. The molecule has 0 saturated carbocycles. The molecule has 1 aromatic heterocycles. The molecule has 0 bridgehead atoms. The first kappa shape index (κ1) is 23.0. The van der Waals surface area contributed by atoms with Crippen molar-refractivity contribution in [2.24, 2.45) is 4.99 Å². The summed E-state index contributed by atoms with van der Waals surface area (Å²) in [5.74, 6) is 0.914. The van der Waals surface area contributed by atoms with Crippen molar-refractivity contribution < 1.29 is 0 Å². The Bertz CT molecular complexity index is 669. The molecule has 0 amide bonds. The first-order valence-corrected chi connectivity index (χ1v) is 10.8. The van der Waals surface area contributed by atoms with Crippen LogP contribution in [-0.2, 0) is 6.54 Å². The second-order valence-corrected chi connectivity index (χ2v) is 7.55. The summed E-state index contributed by atoms with van der Waals surface area (Å²) in [5.41, 5.74) is 2.62. The number of piperazine rings is 1. The molecule has 154 valence electrons. The Balaban J connectivity index is 0.00000280. The zero-order chi connectivity index (χ0) is 18.7. The number of nitrogens with zero attached hydrogens (tertiary/aromatic N) is 3. The number of para-hydroxylation sites is 1. The Morgan fingerprint density at radius 2 is 1.86 bits per heavy atom. The summed E-state index contributed by atoms with van der Waals surface area (Å²) in [6.45, 7) is 10.3. The monoisotopic (exact) mass is 513 g/mol. The molecule has 1 aliphatic rings. The maximum absolute atomic E-state index is 4.66. The van der Waals surface area contributed by atoms with Gasteiger partial charge >= 0.3 is 0 Å². The van der Waals surface area contributed by atoms with E-state index in [9.17, 15) is 0 Å². The summed E-state index contributed by atoms with van der Waals surface area (Å²) < 4.78 is 0. The molecule has 3 rings (SSSR count). The van der Waals surface area contributed by atoms with Crippen LogP contribution in [0.15, 0.2) is 52.2 Å². The summed E-state index contributed by atoms with van der Waals surface area (Å²) >= 11 is 1.72. The van der Waals surface area contributed by atoms with Gasteiger partial charge in [0.15, 0.2) is 5.96 Å². The van der Waals surface area contributed by atoms with E-state index in [1.165, 1.54) is 11.3 Å². The second-order valence-electron chi connectivity index (χ2n) is 6.77. The minimum Gasteiger partial charge on any atom is -0.369 e. The van der Waals surface area contributed by atoms with Crippen LogP contribution in [0.2, 0.25) is 0 Å². The molecule has 2 heterocycles. The van der Waals surface area contributed by atoms with E-state index < -0.39 is 0 Å². The highest BCUT2D eigenvalue weighted by Crippen LogP contribution is 2.15. The summed E-state index contributed by atoms with van der Waals surface area (Å²) in [4.78, 5) is 9.71. The summed E-state index contributed by atoms with van der Waals surface area (Å²) in [6, 6.07) is 12.9. The largest absolute Gasteiger partial charge is 0.369 e. The van der Waals surface area contributed by atoms with E-state index in [1.54, 1.807) is 11.3 Å². The second kappa shape index (κ2) is 13.0. The van der Waals surface area contributed by atoms with Crippen LogP contribution in [0, 0.1) is 0 Å². The lowest BCUT2D eigenvalue weighted by Crippen LogP contribution is -2.47. The normalized spacial score (nSPS) is 15.2. The van der Waals surface area contributed by atoms with Crippen LogP contribution in [-0.4, -0.2) is 56.7 Å². The van der Waals surface area contributed by atoms with Crippen LogP contribution in [0.1, 0.15) is 18.9 Å². The molecule has 1 saturated heterocycles. The standard InChI is InChI=1S/C21H31N5S.HI/c1-2-22-21(24-17-19-9-16-27-18-19)23-10-6-11-25-12-14-26(15-13-25)20-7-4-3-5-8-20;/h3-5,7-9,16,18H,2,6,10-15,17H2,1H3,(H2,22,23,24);1H. The number of aliphatic imine (C=N–C) groups is 1. The molecular formula is C21H32IN5S. The van der Waals surface area contributed by atoms with Crippen molar-refractivity contribution in [3.63, 3.8) is 0 Å². The van der Waals surface area contributed by atoms with Crippen molar-refractivity contribution in [3.8, 4) is 0 Å². The van der Waals surface area contributed by atoms with Crippen LogP contribution in [0.5, 0.6) is 0 Å². The van der Waals surface area contributed by atoms with E-state index >= 15 is 0 Å². The fourth-order valence-electron chi connectivity index (χ4n) is 3.27. The molecule has 0 aliphatic carbocycles. The van der Waals surface area contributed by atoms with Gasteiger partial charge in [-0.1, -0.05) is 18.2 Å². The van der Waals surface area contributed by atoms with Crippen molar-refractivity contribution in [3.05, 3.63) is 52.7 Å². The van der Waals surface area contributed by atoms with Gasteiger partial charge in [-0.2, -0.15) is 11.3 Å². The molecule has 0 spiro atoms. The van der Waals surface area contributed by atoms with Gasteiger partial charge in [0.2, 0.25) is 0 Å². The predicted molar refractivity (Wildman–Crippen MR) is 132 cm³/mol. The van der Waals surface area contributed by atoms with Gasteiger partial charge < -0.3 is 15.5 Å². The molecule has 0 radical (unpaired) electrons. The third-order valence-electron chi connectivity index (χ3n) is 4.78. The Morgan fingerprint density at radius 3 is 2.54 bits per heavy atom. The maximum atomic E-state index is 4.66. The Hall–Kier alpha value is -1.32. The summed E-state index contributed by atoms with van der Waals surface area (Å²) in [5, 5.41) is 11.0. The van der Waals surface area contributed by atoms with Crippen molar-refractivity contribution in [2.75, 3.05) is 50.7 Å². The average Bonchev–Trinajstić information content (AvgIpc) is 3.24. The molecule has 0 unspecified atom stereocenters. The van der Waals surface area contributed by atoms with Gasteiger partial charge in [-0.05, 0) is 54.4 Å². The van der Waals surface area contributed by atoms with E-state index in [2.05, 4.69) is 79.5 Å². The highest BCUT2D eigenvalue weighted by atomic mass is 127. The number of nitrogens with one attached hydrogen (secondary N) is 2. The van der Waals surface area contributed by atoms with Crippen LogP contribution >= 0.6 is 35.3 Å². The molecule has 0 atom stereocenters. The van der Waals surface area contributed by atoms with Gasteiger partial charge in [0.05, 0.1) is 6.54 Å². The molecule has 5 nitrogen and oxygen atoms in total. The Morgan fingerprint density at radius 1 is 1.07 bits per heavy atom. The number of rotatable bonds is 8. The number of benzene rings is 1. The summed E-state index contributed by atoms with van der Waals surface area (Å²) in [7, 11) is 0. The highest BCUT2D eigenvalue weighted by Gasteiger charge is 2.16. The Labute approximate surface area is 190 Å². The van der Waals surface area contributed by atoms with E-state index in [0.29, 0.717) is 0 Å². The van der Waals surface area contributed by atoms with Crippen molar-refractivity contribution in [1.82, 2.24) is 15.5 Å². The van der Waals surface area contributed by atoms with Gasteiger partial charge in [-0.25, -0.2) is 4.99 Å².